The largest absolute Gasteiger partial charge is 0.449 e. The van der Waals surface area contributed by atoms with E-state index in [1.807, 2.05) is 37.3 Å². The SMILES string of the molecule is CCCOC(=O)N1CCN(c2nc3cccccc-3n2)C(C)C1. The first-order chi connectivity index (χ1) is 11.2. The molecule has 0 spiro atoms. The molecule has 0 saturated carbocycles. The highest BCUT2D eigenvalue weighted by atomic mass is 16.6. The minimum atomic E-state index is -0.223. The summed E-state index contributed by atoms with van der Waals surface area (Å²) in [6, 6.07) is 9.98. The Balaban J connectivity index is 1.70. The molecule has 3 aliphatic rings. The molecule has 122 valence electrons. The molecule has 1 saturated heterocycles. The minimum Gasteiger partial charge on any atom is -0.449 e. The number of carbonyl (C=O) groups excluding carboxylic acids is 1. The highest BCUT2D eigenvalue weighted by Gasteiger charge is 2.30. The number of imidazole rings is 1. The standard InChI is InChI=1S/C17H22N4O2/c1-3-11-23-17(22)20-9-10-21(13(2)12-20)16-18-14-7-5-4-6-8-15(14)19-16/h4-8,13H,3,9-12H2,1-2H3. The fourth-order valence-corrected chi connectivity index (χ4v) is 2.79. The van der Waals surface area contributed by atoms with Crippen LogP contribution in [0.15, 0.2) is 30.3 Å². The highest BCUT2D eigenvalue weighted by molar-refractivity contribution is 5.68. The van der Waals surface area contributed by atoms with Crippen molar-refractivity contribution >= 4 is 12.0 Å². The molecule has 1 atom stereocenters. The van der Waals surface area contributed by atoms with Gasteiger partial charge < -0.3 is 14.5 Å². The van der Waals surface area contributed by atoms with Crippen LogP contribution in [0.4, 0.5) is 10.7 Å². The summed E-state index contributed by atoms with van der Waals surface area (Å²) < 4.78 is 5.22. The lowest BCUT2D eigenvalue weighted by atomic mass is 10.2. The summed E-state index contributed by atoms with van der Waals surface area (Å²) >= 11 is 0. The van der Waals surface area contributed by atoms with Gasteiger partial charge in [0.05, 0.1) is 18.0 Å². The van der Waals surface area contributed by atoms with Crippen LogP contribution >= 0.6 is 0 Å². The smallest absolute Gasteiger partial charge is 0.409 e. The number of rotatable bonds is 3. The molecular weight excluding hydrogens is 292 g/mol. The molecule has 1 unspecified atom stereocenters. The van der Waals surface area contributed by atoms with Crippen molar-refractivity contribution in [3.63, 3.8) is 0 Å². The normalized spacial score (nSPS) is 18.3. The summed E-state index contributed by atoms with van der Waals surface area (Å²) in [6.07, 6.45) is 0.617. The number of hydrogen-bond donors (Lipinski definition) is 0. The minimum absolute atomic E-state index is 0.156. The van der Waals surface area contributed by atoms with Gasteiger partial charge in [0.15, 0.2) is 0 Å². The maximum atomic E-state index is 12.0. The predicted molar refractivity (Wildman–Crippen MR) is 88.7 cm³/mol. The molecule has 0 aromatic carbocycles. The molecule has 0 bridgehead atoms. The second-order valence-corrected chi connectivity index (χ2v) is 5.81. The van der Waals surface area contributed by atoms with E-state index in [1.165, 1.54) is 0 Å². The molecule has 6 heteroatoms. The number of nitrogens with zero attached hydrogens (tertiary/aromatic N) is 4. The molecule has 0 aromatic rings. The van der Waals surface area contributed by atoms with Gasteiger partial charge in [-0.3, -0.25) is 0 Å². The van der Waals surface area contributed by atoms with Gasteiger partial charge in [0, 0.05) is 25.7 Å². The molecule has 2 heterocycles. The van der Waals surface area contributed by atoms with Crippen LogP contribution in [0, 0.1) is 0 Å². The average molecular weight is 314 g/mol. The number of fused-ring (bicyclic) bond motifs is 1. The van der Waals surface area contributed by atoms with Crippen LogP contribution < -0.4 is 4.90 Å². The van der Waals surface area contributed by atoms with E-state index < -0.39 is 0 Å². The molecule has 0 radical (unpaired) electrons. The molecule has 2 aliphatic heterocycles. The molecule has 3 rings (SSSR count). The lowest BCUT2D eigenvalue weighted by Crippen LogP contribution is -2.54. The van der Waals surface area contributed by atoms with Crippen LogP contribution in [0.1, 0.15) is 20.3 Å². The van der Waals surface area contributed by atoms with Crippen molar-refractivity contribution in [3.05, 3.63) is 30.3 Å². The first-order valence-electron chi connectivity index (χ1n) is 8.10. The van der Waals surface area contributed by atoms with E-state index in [0.717, 1.165) is 23.8 Å². The average Bonchev–Trinajstić information content (AvgIpc) is 2.82. The van der Waals surface area contributed by atoms with Gasteiger partial charge in [-0.25, -0.2) is 14.8 Å². The Morgan fingerprint density at radius 1 is 1.22 bits per heavy atom. The Kier molecular flexibility index (Phi) is 4.60. The van der Waals surface area contributed by atoms with Gasteiger partial charge in [0.25, 0.3) is 0 Å². The molecule has 1 amide bonds. The van der Waals surface area contributed by atoms with Gasteiger partial charge in [0.2, 0.25) is 5.95 Å². The van der Waals surface area contributed by atoms with E-state index in [2.05, 4.69) is 21.8 Å². The number of piperazine rings is 1. The maximum Gasteiger partial charge on any atom is 0.409 e. The van der Waals surface area contributed by atoms with E-state index in [0.29, 0.717) is 26.2 Å². The first kappa shape index (κ1) is 15.5. The van der Waals surface area contributed by atoms with Gasteiger partial charge in [-0.05, 0) is 25.5 Å². The number of anilines is 1. The summed E-state index contributed by atoms with van der Waals surface area (Å²) in [5.41, 5.74) is 1.78. The second-order valence-electron chi connectivity index (χ2n) is 5.81. The Hall–Kier alpha value is -2.37. The van der Waals surface area contributed by atoms with E-state index in [9.17, 15) is 4.79 Å². The Bertz CT molecular complexity index is 618. The third kappa shape index (κ3) is 3.36. The summed E-state index contributed by atoms with van der Waals surface area (Å²) in [5, 5.41) is 0. The molecule has 0 N–H and O–H groups in total. The van der Waals surface area contributed by atoms with E-state index >= 15 is 0 Å². The quantitative estimate of drug-likeness (QED) is 0.871. The zero-order chi connectivity index (χ0) is 16.2. The fourth-order valence-electron chi connectivity index (χ4n) is 2.79. The van der Waals surface area contributed by atoms with Crippen LogP contribution in [0.25, 0.3) is 11.4 Å². The van der Waals surface area contributed by atoms with Gasteiger partial charge in [-0.15, -0.1) is 0 Å². The summed E-state index contributed by atoms with van der Waals surface area (Å²) in [4.78, 5) is 25.1. The fraction of sp³-hybridized carbons (Fsp3) is 0.471. The number of aromatic nitrogens is 2. The lowest BCUT2D eigenvalue weighted by molar-refractivity contribution is 0.0955. The van der Waals surface area contributed by atoms with Crippen molar-refractivity contribution in [3.8, 4) is 11.4 Å². The van der Waals surface area contributed by atoms with Crippen molar-refractivity contribution in [2.75, 3.05) is 31.1 Å². The van der Waals surface area contributed by atoms with Crippen LogP contribution in [0.3, 0.4) is 0 Å². The van der Waals surface area contributed by atoms with Gasteiger partial charge in [0.1, 0.15) is 0 Å². The van der Waals surface area contributed by atoms with Crippen molar-refractivity contribution in [2.45, 2.75) is 26.3 Å². The van der Waals surface area contributed by atoms with Crippen LogP contribution in [0.2, 0.25) is 0 Å². The van der Waals surface area contributed by atoms with Crippen molar-refractivity contribution in [1.82, 2.24) is 14.9 Å². The molecule has 1 aliphatic carbocycles. The number of carbonyl (C=O) groups is 1. The van der Waals surface area contributed by atoms with Crippen molar-refractivity contribution < 1.29 is 9.53 Å². The van der Waals surface area contributed by atoms with Gasteiger partial charge >= 0.3 is 6.09 Å². The molecule has 23 heavy (non-hydrogen) atoms. The second kappa shape index (κ2) is 6.81. The Morgan fingerprint density at radius 3 is 2.52 bits per heavy atom. The number of amides is 1. The predicted octanol–water partition coefficient (Wildman–Crippen LogP) is 2.64. The zero-order valence-electron chi connectivity index (χ0n) is 13.6. The third-order valence-corrected chi connectivity index (χ3v) is 4.01. The van der Waals surface area contributed by atoms with E-state index in [-0.39, 0.29) is 12.1 Å². The van der Waals surface area contributed by atoms with Gasteiger partial charge in [-0.1, -0.05) is 25.1 Å². The highest BCUT2D eigenvalue weighted by Crippen LogP contribution is 2.24. The molecule has 6 nitrogen and oxygen atoms in total. The van der Waals surface area contributed by atoms with Crippen LogP contribution in [-0.4, -0.2) is 53.2 Å². The first-order valence-corrected chi connectivity index (χ1v) is 8.10. The lowest BCUT2D eigenvalue weighted by Gasteiger charge is -2.38. The maximum absolute atomic E-state index is 12.0. The molecule has 1 fully saturated rings. The van der Waals surface area contributed by atoms with E-state index in [1.54, 1.807) is 4.90 Å². The van der Waals surface area contributed by atoms with Crippen molar-refractivity contribution in [2.24, 2.45) is 0 Å². The zero-order valence-corrected chi connectivity index (χ0v) is 13.6. The summed E-state index contributed by atoms with van der Waals surface area (Å²) in [5.74, 6) is 0.736. The monoisotopic (exact) mass is 314 g/mol. The summed E-state index contributed by atoms with van der Waals surface area (Å²) in [7, 11) is 0. The number of hydrogen-bond acceptors (Lipinski definition) is 5. The van der Waals surface area contributed by atoms with E-state index in [4.69, 9.17) is 4.74 Å². The van der Waals surface area contributed by atoms with Gasteiger partial charge in [-0.2, -0.15) is 0 Å². The summed E-state index contributed by atoms with van der Waals surface area (Å²) in [6.45, 7) is 6.52. The topological polar surface area (TPSA) is 58.6 Å². The van der Waals surface area contributed by atoms with Crippen LogP contribution in [0.5, 0.6) is 0 Å². The molecule has 0 aromatic heterocycles. The van der Waals surface area contributed by atoms with Crippen molar-refractivity contribution in [1.29, 1.82) is 0 Å². The Morgan fingerprint density at radius 2 is 1.91 bits per heavy atom. The molecular formula is C17H22N4O2. The third-order valence-electron chi connectivity index (χ3n) is 4.01. The Labute approximate surface area is 136 Å². The van der Waals surface area contributed by atoms with Crippen LogP contribution in [-0.2, 0) is 4.74 Å². The number of ether oxygens (including phenoxy) is 1.